The number of anilines is 2. The number of hydrogen-bond acceptors (Lipinski definition) is 17. The fourth-order valence-corrected chi connectivity index (χ4v) is 16.5. The lowest BCUT2D eigenvalue weighted by Gasteiger charge is -2.62. The molecule has 0 amide bonds. The van der Waals surface area contributed by atoms with Gasteiger partial charge in [-0.1, -0.05) is 105 Å². The number of Topliss-reactive ketones (excluding diaryl/α,β-unsaturated/α-hetero) is 1. The minimum absolute atomic E-state index is 0.0454. The smallest absolute Gasteiger partial charge is 0.337 e. The standard InChI is InChI=1S/C20H23NO4.C17H20N2S.C16H25NO2.C13H18O2.C8H10N4O2.C6H5NO2/c22-13-4-3-12-9-15-20(24)6-5-14(23)18-19(20,16(12)17(13)25-18)7-8-21(15)10-11-1-2-11;1-13(18(2)3)12-19-14-8-4-6-10-16(14)20-17-11-7-5-9-15(17)19;1-17(2)12-14-7-4-5-10-16(14,18)13-8-6-9-15(11-13)19-3;1-9(2)8-11-4-6-12(7-5-11)10(3)13(14)15;1-10-4-9-6-5(10)7(13)12(3)8(14)11(6)2;8-6(9)5-2-1-3-7-4-5/h3-4,11,15,18,22,24H,1-2,5-10H2;4-11,13H,12H2,1-3H3;6,8-9,11,14,18H,4-5,7,10,12H2,1-3H3;4-7,9-10H,8H2,1-3H3,(H,14,15);4H,1-3H3;1-4H,(H,8,9)/t15-,18+,19+,20-;;14-,16+;;;/m1.1.../s1. The maximum absolute atomic E-state index is 12.7. The number of phenolic OH excluding ortho intramolecular Hbond substituents is 1. The van der Waals surface area contributed by atoms with Gasteiger partial charge in [0.1, 0.15) is 5.75 Å². The number of carboxylic acid groups (broad SMARTS) is 2. The number of benzene rings is 5. The van der Waals surface area contributed by atoms with E-state index in [4.69, 9.17) is 19.7 Å². The summed E-state index contributed by atoms with van der Waals surface area (Å²) < 4.78 is 15.4. The molecule has 2 bridgehead atoms. The van der Waals surface area contributed by atoms with E-state index in [0.717, 1.165) is 103 Å². The van der Waals surface area contributed by atoms with E-state index in [9.17, 15) is 39.3 Å². The molecule has 544 valence electrons. The highest BCUT2D eigenvalue weighted by Gasteiger charge is 2.73. The molecule has 102 heavy (non-hydrogen) atoms. The largest absolute Gasteiger partial charge is 0.504 e. The van der Waals surface area contributed by atoms with Crippen LogP contribution in [0.5, 0.6) is 17.2 Å². The van der Waals surface area contributed by atoms with Gasteiger partial charge in [0.05, 0.1) is 52.9 Å². The van der Waals surface area contributed by atoms with Crippen LogP contribution in [0.1, 0.15) is 130 Å². The number of fused-ring (bicyclic) bond motifs is 3. The number of methoxy groups -OCH3 is 1. The number of aliphatic hydroxyl groups is 2. The van der Waals surface area contributed by atoms with Crippen LogP contribution in [0.2, 0.25) is 0 Å². The van der Waals surface area contributed by atoms with E-state index in [1.165, 1.54) is 82.4 Å². The van der Waals surface area contributed by atoms with Gasteiger partial charge >= 0.3 is 17.6 Å². The van der Waals surface area contributed by atoms with Crippen molar-refractivity contribution in [2.45, 2.75) is 149 Å². The van der Waals surface area contributed by atoms with Gasteiger partial charge in [-0.25, -0.2) is 14.6 Å². The molecule has 8 aromatic rings. The number of aromatic nitrogens is 5. The number of ketones is 1. The molecule has 4 fully saturated rings. The summed E-state index contributed by atoms with van der Waals surface area (Å²) >= 11 is 1.87. The summed E-state index contributed by atoms with van der Waals surface area (Å²) in [4.78, 5) is 76.5. The van der Waals surface area contributed by atoms with E-state index in [0.29, 0.717) is 47.6 Å². The number of carbonyl (C=O) groups is 3. The number of aryl methyl sites for hydroxylation is 2. The van der Waals surface area contributed by atoms with Gasteiger partial charge in [-0.3, -0.25) is 33.4 Å². The normalized spacial score (nSPS) is 22.4. The number of carbonyl (C=O) groups excluding carboxylic acids is 1. The number of para-hydroxylation sites is 2. The third-order valence-electron chi connectivity index (χ3n) is 21.3. The van der Waals surface area contributed by atoms with Gasteiger partial charge in [-0.2, -0.15) is 0 Å². The molecule has 2 unspecified atom stereocenters. The van der Waals surface area contributed by atoms with Gasteiger partial charge in [-0.15, -0.1) is 0 Å². The number of ether oxygens (including phenoxy) is 2. The number of likely N-dealkylation sites (N-methyl/N-ethyl adjacent to an activating group) is 1. The summed E-state index contributed by atoms with van der Waals surface area (Å²) in [6, 6.07) is 40.4. The number of aliphatic carboxylic acids is 1. The monoisotopic (exact) mass is 1410 g/mol. The lowest BCUT2D eigenvalue weighted by Crippen LogP contribution is -2.76. The molecular formula is C80H101N9O12S. The van der Waals surface area contributed by atoms with E-state index in [1.807, 2.05) is 66.4 Å². The first-order valence-electron chi connectivity index (χ1n) is 35.5. The van der Waals surface area contributed by atoms with Gasteiger partial charge in [0.25, 0.3) is 5.56 Å². The molecule has 5 N–H and O–H groups in total. The molecule has 3 aromatic heterocycles. The number of aromatic hydroxyl groups is 1. The van der Waals surface area contributed by atoms with E-state index in [1.54, 1.807) is 44.8 Å². The van der Waals surface area contributed by atoms with Crippen LogP contribution in [0.3, 0.4) is 0 Å². The molecular weight excluding hydrogens is 1310 g/mol. The zero-order chi connectivity index (χ0) is 73.5. The quantitative estimate of drug-likeness (QED) is 0.0678. The SMILES string of the molecule is CC(C)Cc1ccc(C(C)C(=O)O)cc1.CC(CN1c2ccccc2Sc2ccccc21)N(C)C.COc1cccc([C@@]2(O)CCCC[C@@H]2CN(C)C)c1.Cn1c(=O)c2c(ncn2C)n(C)c1=O.O=C(O)c1cccnc1.O=C1CC[C@@]2(O)[C@H]3Cc4ccc(O)c5c4[C@@]2(CCN3CC2CC2)[C@H]1O5. The van der Waals surface area contributed by atoms with Gasteiger partial charge in [0, 0.05) is 92.9 Å². The molecule has 5 aromatic carbocycles. The van der Waals surface area contributed by atoms with Crippen LogP contribution in [0, 0.1) is 17.8 Å². The van der Waals surface area contributed by atoms with Gasteiger partial charge in [-0.05, 0) is 189 Å². The maximum Gasteiger partial charge on any atom is 0.337 e. The number of aromatic carboxylic acids is 1. The molecule has 22 heteroatoms. The number of carboxylic acids is 2. The van der Waals surface area contributed by atoms with Crippen LogP contribution in [0.15, 0.2) is 159 Å². The minimum Gasteiger partial charge on any atom is -0.504 e. The summed E-state index contributed by atoms with van der Waals surface area (Å²) in [7, 11) is 14.9. The summed E-state index contributed by atoms with van der Waals surface area (Å²) in [6.07, 6.45) is 14.0. The van der Waals surface area contributed by atoms with Crippen molar-refractivity contribution in [3.05, 3.63) is 194 Å². The third kappa shape index (κ3) is 16.1. The zero-order valence-electron chi connectivity index (χ0n) is 61.0. The van der Waals surface area contributed by atoms with Crippen molar-refractivity contribution in [1.82, 2.24) is 38.4 Å². The Labute approximate surface area is 602 Å². The van der Waals surface area contributed by atoms with Crippen molar-refractivity contribution in [3.63, 3.8) is 0 Å². The van der Waals surface area contributed by atoms with Crippen molar-refractivity contribution in [2.75, 3.05) is 66.4 Å². The lowest BCUT2D eigenvalue weighted by molar-refractivity contribution is -0.188. The van der Waals surface area contributed by atoms with Crippen molar-refractivity contribution in [3.8, 4) is 17.2 Å². The highest BCUT2D eigenvalue weighted by atomic mass is 32.2. The molecule has 7 aliphatic rings. The molecule has 1 saturated heterocycles. The highest BCUT2D eigenvalue weighted by Crippen LogP contribution is 2.65. The Balaban J connectivity index is 0.000000135. The number of hydrogen-bond donors (Lipinski definition) is 5. The Morgan fingerprint density at radius 3 is 2.08 bits per heavy atom. The Bertz CT molecular complexity index is 4340. The number of likely N-dealkylation sites (tertiary alicyclic amines) is 1. The van der Waals surface area contributed by atoms with Gasteiger partial charge in [0.15, 0.2) is 34.6 Å². The molecule has 15 rings (SSSR count). The second-order valence-electron chi connectivity index (χ2n) is 29.2. The predicted molar refractivity (Wildman–Crippen MR) is 398 cm³/mol. The van der Waals surface area contributed by atoms with Crippen LogP contribution in [-0.4, -0.2) is 167 Å². The average Bonchev–Trinajstić information content (AvgIpc) is 1.43. The Morgan fingerprint density at radius 1 is 0.794 bits per heavy atom. The second kappa shape index (κ2) is 32.4. The molecule has 0 radical (unpaired) electrons. The summed E-state index contributed by atoms with van der Waals surface area (Å²) in [5.41, 5.74) is 5.93. The first-order valence-corrected chi connectivity index (χ1v) is 36.3. The van der Waals surface area contributed by atoms with Crippen LogP contribution >= 0.6 is 11.8 Å². The Hall–Kier alpha value is -8.64. The number of phenols is 1. The molecule has 6 heterocycles. The van der Waals surface area contributed by atoms with Gasteiger partial charge in [0.2, 0.25) is 0 Å². The van der Waals surface area contributed by atoms with Crippen LogP contribution in [0.25, 0.3) is 11.2 Å². The van der Waals surface area contributed by atoms with Crippen LogP contribution in [-0.2, 0) is 54.6 Å². The van der Waals surface area contributed by atoms with E-state index >= 15 is 0 Å². The molecule has 4 aliphatic carbocycles. The fourth-order valence-electron chi connectivity index (χ4n) is 15.4. The molecule has 3 saturated carbocycles. The number of piperidine rings is 1. The number of pyridine rings is 1. The molecule has 1 spiro atoms. The minimum atomic E-state index is -0.942. The first kappa shape index (κ1) is 76.0. The van der Waals surface area contributed by atoms with E-state index < -0.39 is 40.6 Å². The maximum atomic E-state index is 12.7. The topological polar surface area (TPSA) is 258 Å². The van der Waals surface area contributed by atoms with Crippen molar-refractivity contribution >= 4 is 52.0 Å². The molecule has 3 aliphatic heterocycles. The predicted octanol–water partition coefficient (Wildman–Crippen LogP) is 11.2. The number of nitrogens with zero attached hydrogens (tertiary/aromatic N) is 9. The second-order valence-corrected chi connectivity index (χ2v) is 30.3. The molecule has 21 nitrogen and oxygen atoms in total. The first-order chi connectivity index (χ1) is 48.6. The number of rotatable bonds is 14. The lowest BCUT2D eigenvalue weighted by atomic mass is 9.49. The highest BCUT2D eigenvalue weighted by molar-refractivity contribution is 7.99. The third-order valence-corrected chi connectivity index (χ3v) is 22.5. The van der Waals surface area contributed by atoms with Crippen molar-refractivity contribution in [1.29, 1.82) is 0 Å². The number of imidazole rings is 1. The van der Waals surface area contributed by atoms with E-state index in [-0.39, 0.29) is 34.4 Å². The van der Waals surface area contributed by atoms with Crippen molar-refractivity contribution in [2.24, 2.45) is 38.9 Å². The van der Waals surface area contributed by atoms with Crippen LogP contribution in [0.4, 0.5) is 11.4 Å². The van der Waals surface area contributed by atoms with Crippen LogP contribution < -0.4 is 25.6 Å². The summed E-state index contributed by atoms with van der Waals surface area (Å²) in [5, 5.41) is 50.7. The summed E-state index contributed by atoms with van der Waals surface area (Å²) in [6.45, 7) is 12.2. The fraction of sp³-hybridized carbons (Fsp3) is 0.463. The Kier molecular flexibility index (Phi) is 24.1. The Morgan fingerprint density at radius 2 is 1.48 bits per heavy atom. The van der Waals surface area contributed by atoms with Crippen molar-refractivity contribution < 1.29 is 49.4 Å². The average molecular weight is 1410 g/mol. The van der Waals surface area contributed by atoms with E-state index in [2.05, 4.69) is 127 Å². The zero-order valence-corrected chi connectivity index (χ0v) is 61.8. The summed E-state index contributed by atoms with van der Waals surface area (Å²) in [5.74, 6) is 1.00. The molecule has 8 atom stereocenters. The van der Waals surface area contributed by atoms with Gasteiger partial charge < -0.3 is 54.3 Å².